The van der Waals surface area contributed by atoms with Crippen molar-refractivity contribution in [2.24, 2.45) is 0 Å². The number of imidazole rings is 1. The summed E-state index contributed by atoms with van der Waals surface area (Å²) < 4.78 is 0. The van der Waals surface area contributed by atoms with Crippen molar-refractivity contribution in [2.45, 2.75) is 18.8 Å². The third-order valence-corrected chi connectivity index (χ3v) is 4.74. The third kappa shape index (κ3) is 2.39. The number of nitrogens with zero attached hydrogens (tertiary/aromatic N) is 3. The fourth-order valence-corrected chi connectivity index (χ4v) is 3.56. The Morgan fingerprint density at radius 3 is 3.09 bits per heavy atom. The van der Waals surface area contributed by atoms with Gasteiger partial charge in [-0.2, -0.15) is 0 Å². The molecule has 1 N–H and O–H groups in total. The van der Waals surface area contributed by atoms with Crippen LogP contribution in [-0.2, 0) is 0 Å². The highest BCUT2D eigenvalue weighted by Crippen LogP contribution is 2.27. The number of hydrogen-bond donors (Lipinski definition) is 1. The minimum Gasteiger partial charge on any atom is -0.342 e. The van der Waals surface area contributed by atoms with Gasteiger partial charge in [0.1, 0.15) is 11.5 Å². The molecule has 1 aliphatic heterocycles. The summed E-state index contributed by atoms with van der Waals surface area (Å²) in [7, 11) is 0. The Hall–Kier alpha value is -2.21. The number of rotatable bonds is 2. The number of nitrogens with one attached hydrogen (secondary N) is 1. The number of benzene rings is 1. The summed E-state index contributed by atoms with van der Waals surface area (Å²) in [5.41, 5.74) is 4.30. The molecule has 3 heterocycles. The zero-order valence-electron chi connectivity index (χ0n) is 12.0. The summed E-state index contributed by atoms with van der Waals surface area (Å²) >= 11 is 1.45. The second kappa shape index (κ2) is 5.53. The molecule has 1 saturated heterocycles. The number of carbonyl (C=O) groups excluding carboxylic acids is 1. The van der Waals surface area contributed by atoms with Crippen LogP contribution in [0.2, 0.25) is 0 Å². The van der Waals surface area contributed by atoms with E-state index in [2.05, 4.69) is 15.0 Å². The Labute approximate surface area is 132 Å². The van der Waals surface area contributed by atoms with E-state index in [4.69, 9.17) is 0 Å². The quantitative estimate of drug-likeness (QED) is 0.791. The molecule has 2 aromatic heterocycles. The molecule has 5 nitrogen and oxygen atoms in total. The maximum Gasteiger partial charge on any atom is 0.273 e. The molecule has 1 atom stereocenters. The summed E-state index contributed by atoms with van der Waals surface area (Å²) in [5.74, 6) is 1.28. The first-order valence-electron chi connectivity index (χ1n) is 7.43. The SMILES string of the molecule is O=C(c1cscn1)N1CCCC(c2nc3ccccc3[nH]2)C1. The lowest BCUT2D eigenvalue weighted by atomic mass is 9.97. The molecule has 3 aromatic rings. The van der Waals surface area contributed by atoms with Crippen molar-refractivity contribution < 1.29 is 4.79 Å². The zero-order chi connectivity index (χ0) is 14.9. The van der Waals surface area contributed by atoms with Crippen LogP contribution in [0.25, 0.3) is 11.0 Å². The lowest BCUT2D eigenvalue weighted by Crippen LogP contribution is -2.39. The van der Waals surface area contributed by atoms with E-state index >= 15 is 0 Å². The van der Waals surface area contributed by atoms with Gasteiger partial charge in [-0.05, 0) is 25.0 Å². The molecule has 1 fully saturated rings. The van der Waals surface area contributed by atoms with Crippen LogP contribution >= 0.6 is 11.3 Å². The van der Waals surface area contributed by atoms with E-state index in [1.807, 2.05) is 34.5 Å². The average Bonchev–Trinajstić information content (AvgIpc) is 3.23. The summed E-state index contributed by atoms with van der Waals surface area (Å²) in [4.78, 5) is 26.6. The second-order valence-corrected chi connectivity index (χ2v) is 6.32. The molecular weight excluding hydrogens is 296 g/mol. The van der Waals surface area contributed by atoms with Crippen molar-refractivity contribution >= 4 is 28.3 Å². The molecule has 22 heavy (non-hydrogen) atoms. The van der Waals surface area contributed by atoms with Gasteiger partial charge >= 0.3 is 0 Å². The first-order valence-corrected chi connectivity index (χ1v) is 8.37. The van der Waals surface area contributed by atoms with Crippen molar-refractivity contribution in [1.29, 1.82) is 0 Å². The first-order chi connectivity index (χ1) is 10.8. The van der Waals surface area contributed by atoms with Gasteiger partial charge in [-0.3, -0.25) is 4.79 Å². The lowest BCUT2D eigenvalue weighted by molar-refractivity contribution is 0.0700. The van der Waals surface area contributed by atoms with Gasteiger partial charge in [-0.1, -0.05) is 12.1 Å². The topological polar surface area (TPSA) is 61.9 Å². The number of piperidine rings is 1. The lowest BCUT2D eigenvalue weighted by Gasteiger charge is -2.31. The number of hydrogen-bond acceptors (Lipinski definition) is 4. The van der Waals surface area contributed by atoms with Crippen LogP contribution in [0.15, 0.2) is 35.2 Å². The molecule has 0 saturated carbocycles. The summed E-state index contributed by atoms with van der Waals surface area (Å²) in [6.07, 6.45) is 2.05. The van der Waals surface area contributed by atoms with E-state index in [9.17, 15) is 4.79 Å². The smallest absolute Gasteiger partial charge is 0.273 e. The molecule has 4 rings (SSSR count). The van der Waals surface area contributed by atoms with Crippen molar-refractivity contribution in [3.05, 3.63) is 46.7 Å². The molecule has 1 unspecified atom stereocenters. The molecule has 0 radical (unpaired) electrons. The third-order valence-electron chi connectivity index (χ3n) is 4.15. The fraction of sp³-hybridized carbons (Fsp3) is 0.312. The largest absolute Gasteiger partial charge is 0.342 e. The Balaban J connectivity index is 1.56. The number of H-pyrrole nitrogens is 1. The maximum absolute atomic E-state index is 12.4. The van der Waals surface area contributed by atoms with Crippen LogP contribution in [0, 0.1) is 0 Å². The molecule has 112 valence electrons. The van der Waals surface area contributed by atoms with E-state index in [0.29, 0.717) is 12.2 Å². The Kier molecular flexibility index (Phi) is 3.38. The molecule has 0 aliphatic carbocycles. The van der Waals surface area contributed by atoms with Crippen LogP contribution in [0.4, 0.5) is 0 Å². The summed E-state index contributed by atoms with van der Waals surface area (Å²) in [6.45, 7) is 1.50. The molecule has 1 aliphatic rings. The van der Waals surface area contributed by atoms with Gasteiger partial charge < -0.3 is 9.88 Å². The van der Waals surface area contributed by atoms with Crippen LogP contribution < -0.4 is 0 Å². The molecule has 0 spiro atoms. The number of carbonyl (C=O) groups is 1. The van der Waals surface area contributed by atoms with Crippen molar-refractivity contribution in [1.82, 2.24) is 19.9 Å². The van der Waals surface area contributed by atoms with Crippen LogP contribution in [-0.4, -0.2) is 38.8 Å². The summed E-state index contributed by atoms with van der Waals surface area (Å²) in [5, 5.41) is 1.81. The Morgan fingerprint density at radius 2 is 2.27 bits per heavy atom. The van der Waals surface area contributed by atoms with Crippen LogP contribution in [0.5, 0.6) is 0 Å². The van der Waals surface area contributed by atoms with Gasteiger partial charge in [-0.25, -0.2) is 9.97 Å². The predicted octanol–water partition coefficient (Wildman–Crippen LogP) is 3.04. The Bertz CT molecular complexity index is 762. The molecule has 6 heteroatoms. The maximum atomic E-state index is 12.4. The van der Waals surface area contributed by atoms with Crippen molar-refractivity contribution in [2.75, 3.05) is 13.1 Å². The minimum absolute atomic E-state index is 0.0297. The van der Waals surface area contributed by atoms with Crippen molar-refractivity contribution in [3.8, 4) is 0 Å². The molecule has 1 aromatic carbocycles. The van der Waals surface area contributed by atoms with Gasteiger partial charge in [-0.15, -0.1) is 11.3 Å². The van der Waals surface area contributed by atoms with E-state index in [-0.39, 0.29) is 11.8 Å². The number of aromatic amines is 1. The van der Waals surface area contributed by atoms with Gasteiger partial charge in [0.05, 0.1) is 16.5 Å². The normalized spacial score (nSPS) is 18.7. The number of amides is 1. The van der Waals surface area contributed by atoms with E-state index in [0.717, 1.165) is 36.2 Å². The standard InChI is InChI=1S/C16H16N4OS/c21-16(14-9-22-10-17-14)20-7-3-4-11(8-20)15-18-12-5-1-2-6-13(12)19-15/h1-2,5-6,9-11H,3-4,7-8H2,(H,18,19). The second-order valence-electron chi connectivity index (χ2n) is 5.60. The first kappa shape index (κ1) is 13.5. The fourth-order valence-electron chi connectivity index (χ4n) is 3.03. The van der Waals surface area contributed by atoms with Crippen molar-refractivity contribution in [3.63, 3.8) is 0 Å². The molecule has 0 bridgehead atoms. The number of para-hydroxylation sites is 2. The van der Waals surface area contributed by atoms with E-state index in [1.54, 1.807) is 5.51 Å². The summed E-state index contributed by atoms with van der Waals surface area (Å²) in [6, 6.07) is 8.04. The highest BCUT2D eigenvalue weighted by Gasteiger charge is 2.28. The highest BCUT2D eigenvalue weighted by molar-refractivity contribution is 7.07. The highest BCUT2D eigenvalue weighted by atomic mass is 32.1. The monoisotopic (exact) mass is 312 g/mol. The number of fused-ring (bicyclic) bond motifs is 1. The number of thiazole rings is 1. The number of aromatic nitrogens is 3. The van der Waals surface area contributed by atoms with E-state index in [1.165, 1.54) is 11.3 Å². The average molecular weight is 312 g/mol. The van der Waals surface area contributed by atoms with Gasteiger partial charge in [0, 0.05) is 24.4 Å². The Morgan fingerprint density at radius 1 is 1.36 bits per heavy atom. The van der Waals surface area contributed by atoms with E-state index < -0.39 is 0 Å². The minimum atomic E-state index is 0.0297. The van der Waals surface area contributed by atoms with Gasteiger partial charge in [0.15, 0.2) is 0 Å². The van der Waals surface area contributed by atoms with Gasteiger partial charge in [0.25, 0.3) is 5.91 Å². The van der Waals surface area contributed by atoms with Crippen LogP contribution in [0.1, 0.15) is 35.1 Å². The molecule has 1 amide bonds. The number of likely N-dealkylation sites (tertiary alicyclic amines) is 1. The zero-order valence-corrected chi connectivity index (χ0v) is 12.8. The molecular formula is C16H16N4OS. The van der Waals surface area contributed by atoms with Crippen LogP contribution in [0.3, 0.4) is 0 Å². The van der Waals surface area contributed by atoms with Gasteiger partial charge in [0.2, 0.25) is 0 Å². The predicted molar refractivity (Wildman–Crippen MR) is 86.1 cm³/mol.